The van der Waals surface area contributed by atoms with Crippen LogP contribution in [0.15, 0.2) is 0 Å². The Hall–Kier alpha value is 0.0738. The van der Waals surface area contributed by atoms with Crippen LogP contribution >= 0.6 is 0 Å². The Labute approximate surface area is 192 Å². The number of hydrogen-bond acceptors (Lipinski definition) is 9. The Kier molecular flexibility index (Phi) is 19.6. The van der Waals surface area contributed by atoms with Crippen molar-refractivity contribution in [2.24, 2.45) is 5.73 Å². The van der Waals surface area contributed by atoms with E-state index in [2.05, 4.69) is 10.6 Å². The maximum Gasteiger partial charge on any atom is 0.500 e. The molecule has 4 N–H and O–H groups in total. The van der Waals surface area contributed by atoms with Gasteiger partial charge in [-0.25, -0.2) is 0 Å². The Balaban J connectivity index is 0.000000594. The van der Waals surface area contributed by atoms with Crippen molar-refractivity contribution in [3.05, 3.63) is 0 Å². The second-order valence-corrected chi connectivity index (χ2v) is 13.8. The van der Waals surface area contributed by atoms with E-state index in [1.54, 1.807) is 42.7 Å². The first-order valence-corrected chi connectivity index (χ1v) is 15.3. The van der Waals surface area contributed by atoms with Gasteiger partial charge in [0.05, 0.1) is 0 Å². The molecule has 1 aliphatic rings. The molecule has 1 saturated carbocycles. The molecule has 11 heteroatoms. The summed E-state index contributed by atoms with van der Waals surface area (Å²) in [5.41, 5.74) is 5.35. The summed E-state index contributed by atoms with van der Waals surface area (Å²) >= 11 is 0. The second kappa shape index (κ2) is 19.5. The topological polar surface area (TPSA) is 105 Å². The minimum absolute atomic E-state index is 0.668. The van der Waals surface area contributed by atoms with E-state index >= 15 is 0 Å². The summed E-state index contributed by atoms with van der Waals surface area (Å²) in [5.74, 6) is 0. The zero-order chi connectivity index (χ0) is 23.4. The van der Waals surface area contributed by atoms with Crippen molar-refractivity contribution in [3.8, 4) is 0 Å². The lowest BCUT2D eigenvalue weighted by molar-refractivity contribution is 0.122. The van der Waals surface area contributed by atoms with Gasteiger partial charge in [-0.3, -0.25) is 0 Å². The zero-order valence-corrected chi connectivity index (χ0v) is 22.8. The lowest BCUT2D eigenvalue weighted by Gasteiger charge is -2.26. The van der Waals surface area contributed by atoms with Crippen molar-refractivity contribution in [2.45, 2.75) is 63.1 Å². The molecular formula is C20H49N3O6Si2. The Bertz CT molecular complexity index is 383. The largest absolute Gasteiger partial charge is 0.500 e. The summed E-state index contributed by atoms with van der Waals surface area (Å²) in [6, 6.07) is 2.44. The SMILES string of the molecule is CO[Si](CCCNC1CCCCC1)(OC)OC.CO[Si](CCCNCCN)(OC)OC. The van der Waals surface area contributed by atoms with Crippen LogP contribution in [-0.4, -0.2) is 92.5 Å². The third kappa shape index (κ3) is 13.4. The Morgan fingerprint density at radius 3 is 1.55 bits per heavy atom. The van der Waals surface area contributed by atoms with Gasteiger partial charge in [0.15, 0.2) is 0 Å². The summed E-state index contributed by atoms with van der Waals surface area (Å²) in [6.45, 7) is 3.47. The van der Waals surface area contributed by atoms with Gasteiger partial charge >= 0.3 is 17.6 Å². The fraction of sp³-hybridized carbons (Fsp3) is 1.00. The van der Waals surface area contributed by atoms with Crippen molar-refractivity contribution in [3.63, 3.8) is 0 Å². The molecule has 0 atom stereocenters. The van der Waals surface area contributed by atoms with Crippen LogP contribution < -0.4 is 16.4 Å². The molecule has 31 heavy (non-hydrogen) atoms. The average molecular weight is 484 g/mol. The van der Waals surface area contributed by atoms with E-state index < -0.39 is 17.6 Å². The smallest absolute Gasteiger partial charge is 0.377 e. The molecule has 0 heterocycles. The molecule has 1 fully saturated rings. The molecule has 0 aromatic carbocycles. The van der Waals surface area contributed by atoms with Crippen molar-refractivity contribution in [2.75, 3.05) is 68.8 Å². The normalized spacial score (nSPS) is 15.6. The predicted octanol–water partition coefficient (Wildman–Crippen LogP) is 1.98. The molecule has 0 bridgehead atoms. The number of rotatable bonds is 17. The molecule has 0 saturated heterocycles. The van der Waals surface area contributed by atoms with E-state index in [-0.39, 0.29) is 0 Å². The fourth-order valence-electron chi connectivity index (χ4n) is 3.69. The summed E-state index contributed by atoms with van der Waals surface area (Å²) in [4.78, 5) is 0. The second-order valence-electron chi connectivity index (χ2n) is 7.63. The molecule has 0 unspecified atom stereocenters. The minimum atomic E-state index is -2.35. The Morgan fingerprint density at radius 1 is 0.677 bits per heavy atom. The van der Waals surface area contributed by atoms with E-state index in [4.69, 9.17) is 32.3 Å². The van der Waals surface area contributed by atoms with Gasteiger partial charge in [0.2, 0.25) is 0 Å². The van der Waals surface area contributed by atoms with Gasteiger partial charge in [0.25, 0.3) is 0 Å². The molecule has 1 rings (SSSR count). The van der Waals surface area contributed by atoms with Gasteiger partial charge in [-0.15, -0.1) is 0 Å². The molecule has 1 aliphatic carbocycles. The van der Waals surface area contributed by atoms with Gasteiger partial charge in [0.1, 0.15) is 0 Å². The fourth-order valence-corrected chi connectivity index (χ4v) is 7.13. The maximum absolute atomic E-state index is 5.39. The summed E-state index contributed by atoms with van der Waals surface area (Å²) in [7, 11) is 5.22. The van der Waals surface area contributed by atoms with Crippen LogP contribution in [0, 0.1) is 0 Å². The van der Waals surface area contributed by atoms with Crippen LogP contribution in [0.3, 0.4) is 0 Å². The van der Waals surface area contributed by atoms with Gasteiger partial charge in [-0.2, -0.15) is 0 Å². The molecule has 188 valence electrons. The molecule has 0 aliphatic heterocycles. The first-order chi connectivity index (χ1) is 15.0. The highest BCUT2D eigenvalue weighted by atomic mass is 28.4. The summed E-state index contributed by atoms with van der Waals surface area (Å²) in [6.07, 6.45) is 8.86. The molecule has 0 amide bonds. The quantitative estimate of drug-likeness (QED) is 0.211. The number of hydrogen-bond donors (Lipinski definition) is 3. The van der Waals surface area contributed by atoms with Crippen molar-refractivity contribution >= 4 is 17.6 Å². The summed E-state index contributed by atoms with van der Waals surface area (Å²) in [5, 5.41) is 6.83. The van der Waals surface area contributed by atoms with E-state index in [9.17, 15) is 0 Å². The standard InChI is InChI=1S/C12H27NO3Si.C8H22N2O3Si/c1-14-17(15-2,16-3)11-7-10-13-12-8-5-4-6-9-12;1-11-14(12-2,13-3)8-4-6-10-7-5-9/h12-13H,4-11H2,1-3H3;10H,4-9H2,1-3H3. The lowest BCUT2D eigenvalue weighted by atomic mass is 9.95. The molecule has 0 spiro atoms. The zero-order valence-electron chi connectivity index (χ0n) is 20.8. The highest BCUT2D eigenvalue weighted by Gasteiger charge is 2.37. The van der Waals surface area contributed by atoms with E-state index in [1.165, 1.54) is 32.1 Å². The number of nitrogens with two attached hydrogens (primary N) is 1. The first-order valence-electron chi connectivity index (χ1n) is 11.5. The third-order valence-corrected chi connectivity index (χ3v) is 11.4. The van der Waals surface area contributed by atoms with Crippen molar-refractivity contribution < 1.29 is 26.6 Å². The number of nitrogens with one attached hydrogen (secondary N) is 2. The molecule has 0 aromatic rings. The van der Waals surface area contributed by atoms with Gasteiger partial charge < -0.3 is 42.9 Å². The van der Waals surface area contributed by atoms with E-state index in [1.807, 2.05) is 0 Å². The molecular weight excluding hydrogens is 434 g/mol. The highest BCUT2D eigenvalue weighted by Crippen LogP contribution is 2.18. The first kappa shape index (κ1) is 31.1. The van der Waals surface area contributed by atoms with Crippen LogP contribution in [-0.2, 0) is 26.6 Å². The highest BCUT2D eigenvalue weighted by molar-refractivity contribution is 6.60. The summed E-state index contributed by atoms with van der Waals surface area (Å²) < 4.78 is 32.0. The maximum atomic E-state index is 5.39. The van der Waals surface area contributed by atoms with Crippen LogP contribution in [0.25, 0.3) is 0 Å². The van der Waals surface area contributed by atoms with Crippen LogP contribution in [0.1, 0.15) is 44.9 Å². The van der Waals surface area contributed by atoms with E-state index in [0.29, 0.717) is 6.54 Å². The van der Waals surface area contributed by atoms with E-state index in [0.717, 1.165) is 50.6 Å². The Morgan fingerprint density at radius 2 is 1.13 bits per heavy atom. The van der Waals surface area contributed by atoms with Gasteiger partial charge in [-0.1, -0.05) is 19.3 Å². The molecule has 0 aromatic heterocycles. The molecule has 0 radical (unpaired) electrons. The van der Waals surface area contributed by atoms with Crippen molar-refractivity contribution in [1.82, 2.24) is 10.6 Å². The molecule has 9 nitrogen and oxygen atoms in total. The van der Waals surface area contributed by atoms with Crippen molar-refractivity contribution in [1.29, 1.82) is 0 Å². The van der Waals surface area contributed by atoms with Crippen LogP contribution in [0.5, 0.6) is 0 Å². The van der Waals surface area contributed by atoms with Crippen LogP contribution in [0.2, 0.25) is 12.1 Å². The lowest BCUT2D eigenvalue weighted by Crippen LogP contribution is -2.43. The third-order valence-electron chi connectivity index (χ3n) is 5.72. The average Bonchev–Trinajstić information content (AvgIpc) is 2.83. The van der Waals surface area contributed by atoms with Crippen LogP contribution in [0.4, 0.5) is 0 Å². The monoisotopic (exact) mass is 483 g/mol. The van der Waals surface area contributed by atoms with Gasteiger partial charge in [0, 0.05) is 73.9 Å². The predicted molar refractivity (Wildman–Crippen MR) is 129 cm³/mol. The van der Waals surface area contributed by atoms with Gasteiger partial charge in [-0.05, 0) is 38.8 Å². The minimum Gasteiger partial charge on any atom is -0.377 e.